The zero-order valence-corrected chi connectivity index (χ0v) is 25.9. The molecule has 1 aliphatic rings. The van der Waals surface area contributed by atoms with Crippen LogP contribution in [0.1, 0.15) is 23.2 Å². The molecule has 0 bridgehead atoms. The number of nitrogens with zero attached hydrogens (tertiary/aromatic N) is 5. The van der Waals surface area contributed by atoms with Gasteiger partial charge in [0.15, 0.2) is 0 Å². The van der Waals surface area contributed by atoms with Crippen LogP contribution in [0.15, 0.2) is 97.3 Å². The maximum atomic E-state index is 14.2. The summed E-state index contributed by atoms with van der Waals surface area (Å²) in [6.07, 6.45) is 4.87. The number of anilines is 4. The standard InChI is InChI=1S/C36H31F2N7O3/c1-48-30-20-24(44-17-6-9-25(46)21-44)13-14-28(30)40-36-39-16-15-29(41-36)34-32(42-31-12-2-3-18-45(31)34)22-7-4-8-23(19-22)35(47)43-33-26(37)10-5-11-27(33)38/h2-5,7-8,10-16,18-20,25,46H,6,9,17,21H2,1H3,(H,43,47)(H,39,40,41)/t25-/m1/s1. The number of para-hydroxylation sites is 1. The SMILES string of the molecule is COc1cc(N2CCC[C@@H](O)C2)ccc1Nc1nccc(-c2c(-c3cccc(C(=O)Nc4c(F)cccc4F)c3)nc3ccccn23)n1. The summed E-state index contributed by atoms with van der Waals surface area (Å²) in [4.78, 5) is 29.4. The van der Waals surface area contributed by atoms with Gasteiger partial charge in [-0.05, 0) is 67.4 Å². The molecule has 0 aliphatic carbocycles. The Hall–Kier alpha value is -5.88. The second-order valence-corrected chi connectivity index (χ2v) is 11.4. The number of halogens is 2. The van der Waals surface area contributed by atoms with Crippen molar-refractivity contribution in [1.82, 2.24) is 19.4 Å². The summed E-state index contributed by atoms with van der Waals surface area (Å²) in [7, 11) is 1.60. The molecule has 0 saturated carbocycles. The molecule has 1 fully saturated rings. The highest BCUT2D eigenvalue weighted by Gasteiger charge is 2.22. The Bertz CT molecular complexity index is 2120. The Kier molecular flexibility index (Phi) is 8.38. The van der Waals surface area contributed by atoms with Crippen LogP contribution in [0.25, 0.3) is 28.3 Å². The molecular weight excluding hydrogens is 616 g/mol. The van der Waals surface area contributed by atoms with Crippen molar-refractivity contribution in [2.45, 2.75) is 18.9 Å². The second kappa shape index (κ2) is 13.1. The number of amides is 1. The van der Waals surface area contributed by atoms with Crippen LogP contribution in [0.2, 0.25) is 0 Å². The summed E-state index contributed by atoms with van der Waals surface area (Å²) >= 11 is 0. The summed E-state index contributed by atoms with van der Waals surface area (Å²) in [6.45, 7) is 1.43. The van der Waals surface area contributed by atoms with Crippen LogP contribution in [-0.4, -0.2) is 56.7 Å². The van der Waals surface area contributed by atoms with Crippen LogP contribution >= 0.6 is 0 Å². The van der Waals surface area contributed by atoms with Crippen LogP contribution in [0.4, 0.5) is 31.8 Å². The summed E-state index contributed by atoms with van der Waals surface area (Å²) in [5.74, 6) is -1.49. The summed E-state index contributed by atoms with van der Waals surface area (Å²) in [5.41, 5.74) is 4.31. The van der Waals surface area contributed by atoms with Crippen molar-refractivity contribution in [2.24, 2.45) is 0 Å². The normalized spacial score (nSPS) is 14.6. The second-order valence-electron chi connectivity index (χ2n) is 11.4. The van der Waals surface area contributed by atoms with Crippen molar-refractivity contribution in [1.29, 1.82) is 0 Å². The van der Waals surface area contributed by atoms with Crippen LogP contribution in [0.3, 0.4) is 0 Å². The van der Waals surface area contributed by atoms with Crippen molar-refractivity contribution in [2.75, 3.05) is 35.7 Å². The van der Waals surface area contributed by atoms with E-state index in [0.717, 1.165) is 37.2 Å². The molecule has 10 nitrogen and oxygen atoms in total. The fourth-order valence-electron chi connectivity index (χ4n) is 5.89. The molecule has 1 saturated heterocycles. The van der Waals surface area contributed by atoms with E-state index < -0.39 is 23.2 Å². The molecule has 7 rings (SSSR count). The van der Waals surface area contributed by atoms with E-state index in [1.807, 2.05) is 47.0 Å². The van der Waals surface area contributed by atoms with Crippen molar-refractivity contribution in [3.63, 3.8) is 0 Å². The summed E-state index contributed by atoms with van der Waals surface area (Å²) in [5, 5.41) is 15.8. The maximum Gasteiger partial charge on any atom is 0.255 e. The highest BCUT2D eigenvalue weighted by molar-refractivity contribution is 6.05. The zero-order chi connectivity index (χ0) is 33.2. The molecule has 3 aromatic heterocycles. The van der Waals surface area contributed by atoms with Crippen molar-refractivity contribution >= 4 is 34.6 Å². The predicted octanol–water partition coefficient (Wildman–Crippen LogP) is 6.70. The molecule has 3 aromatic carbocycles. The molecule has 6 aromatic rings. The Labute approximate surface area is 274 Å². The fourth-order valence-corrected chi connectivity index (χ4v) is 5.89. The number of hydrogen-bond donors (Lipinski definition) is 3. The van der Waals surface area contributed by atoms with E-state index in [4.69, 9.17) is 14.7 Å². The number of methoxy groups -OCH3 is 1. The summed E-state index contributed by atoms with van der Waals surface area (Å²) in [6, 6.07) is 23.2. The fraction of sp³-hybridized carbons (Fsp3) is 0.167. The third kappa shape index (κ3) is 6.13. The number of aliphatic hydroxyl groups is 1. The van der Waals surface area contributed by atoms with Gasteiger partial charge in [0.05, 0.1) is 36.0 Å². The highest BCUT2D eigenvalue weighted by atomic mass is 19.1. The number of nitrogens with one attached hydrogen (secondary N) is 2. The van der Waals surface area contributed by atoms with Gasteiger partial charge in [-0.3, -0.25) is 9.20 Å². The van der Waals surface area contributed by atoms with Gasteiger partial charge in [0.25, 0.3) is 5.91 Å². The Morgan fingerprint density at radius 1 is 0.979 bits per heavy atom. The number of aliphatic hydroxyl groups excluding tert-OH is 1. The van der Waals surface area contributed by atoms with Crippen LogP contribution < -0.4 is 20.3 Å². The lowest BCUT2D eigenvalue weighted by atomic mass is 10.0. The number of pyridine rings is 1. The molecule has 4 heterocycles. The number of fused-ring (bicyclic) bond motifs is 1. The van der Waals surface area contributed by atoms with E-state index in [0.29, 0.717) is 52.2 Å². The molecule has 1 atom stereocenters. The predicted molar refractivity (Wildman–Crippen MR) is 180 cm³/mol. The topological polar surface area (TPSA) is 117 Å². The number of piperidine rings is 1. The number of imidazole rings is 1. The number of benzene rings is 3. The lowest BCUT2D eigenvalue weighted by Gasteiger charge is -2.32. The Balaban J connectivity index is 1.22. The average Bonchev–Trinajstić information content (AvgIpc) is 3.50. The van der Waals surface area contributed by atoms with Gasteiger partial charge in [-0.1, -0.05) is 24.3 Å². The Morgan fingerprint density at radius 2 is 1.81 bits per heavy atom. The maximum absolute atomic E-state index is 14.2. The zero-order valence-electron chi connectivity index (χ0n) is 25.9. The third-order valence-electron chi connectivity index (χ3n) is 8.22. The first-order valence-electron chi connectivity index (χ1n) is 15.4. The minimum absolute atomic E-state index is 0.192. The minimum Gasteiger partial charge on any atom is -0.494 e. The van der Waals surface area contributed by atoms with Gasteiger partial charge in [0.2, 0.25) is 5.95 Å². The number of aromatic nitrogens is 4. The number of hydrogen-bond acceptors (Lipinski definition) is 8. The lowest BCUT2D eigenvalue weighted by molar-refractivity contribution is 0.102. The molecule has 0 spiro atoms. The molecule has 1 aliphatic heterocycles. The quantitative estimate of drug-likeness (QED) is 0.167. The first kappa shape index (κ1) is 30.8. The smallest absolute Gasteiger partial charge is 0.255 e. The molecule has 0 radical (unpaired) electrons. The number of carbonyl (C=O) groups excluding carboxylic acids is 1. The van der Waals surface area contributed by atoms with Gasteiger partial charge in [0.1, 0.15) is 28.7 Å². The van der Waals surface area contributed by atoms with E-state index >= 15 is 0 Å². The van der Waals surface area contributed by atoms with Gasteiger partial charge < -0.3 is 25.4 Å². The van der Waals surface area contributed by atoms with Gasteiger partial charge in [-0.25, -0.2) is 23.7 Å². The van der Waals surface area contributed by atoms with Gasteiger partial charge in [-0.15, -0.1) is 0 Å². The van der Waals surface area contributed by atoms with Crippen molar-refractivity contribution in [3.8, 4) is 28.4 Å². The third-order valence-corrected chi connectivity index (χ3v) is 8.22. The van der Waals surface area contributed by atoms with Crippen molar-refractivity contribution < 1.29 is 23.4 Å². The Morgan fingerprint density at radius 3 is 2.62 bits per heavy atom. The molecule has 0 unspecified atom stereocenters. The first-order chi connectivity index (χ1) is 23.4. The monoisotopic (exact) mass is 647 g/mol. The molecule has 12 heteroatoms. The summed E-state index contributed by atoms with van der Waals surface area (Å²) < 4.78 is 36.1. The van der Waals surface area contributed by atoms with E-state index in [-0.39, 0.29) is 11.7 Å². The van der Waals surface area contributed by atoms with Crippen LogP contribution in [-0.2, 0) is 0 Å². The van der Waals surface area contributed by atoms with Crippen LogP contribution in [0, 0.1) is 11.6 Å². The lowest BCUT2D eigenvalue weighted by Crippen LogP contribution is -2.38. The van der Waals surface area contributed by atoms with Gasteiger partial charge in [-0.2, -0.15) is 0 Å². The minimum atomic E-state index is -0.870. The van der Waals surface area contributed by atoms with E-state index in [2.05, 4.69) is 20.5 Å². The van der Waals surface area contributed by atoms with E-state index in [1.54, 1.807) is 43.6 Å². The molecule has 1 amide bonds. The largest absolute Gasteiger partial charge is 0.494 e. The number of rotatable bonds is 8. The number of carbonyl (C=O) groups is 1. The van der Waals surface area contributed by atoms with Gasteiger partial charge in [0, 0.05) is 48.4 Å². The highest BCUT2D eigenvalue weighted by Crippen LogP contribution is 2.35. The number of β-amino-alcohol motifs (C(OH)–C–C–N with tert-alkyl or cyclic N) is 1. The molecule has 48 heavy (non-hydrogen) atoms. The molecule has 242 valence electrons. The average molecular weight is 648 g/mol. The molecule has 3 N–H and O–H groups in total. The van der Waals surface area contributed by atoms with Crippen molar-refractivity contribution in [3.05, 3.63) is 115 Å². The van der Waals surface area contributed by atoms with Crippen LogP contribution in [0.5, 0.6) is 5.75 Å². The van der Waals surface area contributed by atoms with Gasteiger partial charge >= 0.3 is 0 Å². The first-order valence-corrected chi connectivity index (χ1v) is 15.4. The van der Waals surface area contributed by atoms with E-state index in [1.165, 1.54) is 6.07 Å². The molecular formula is C36H31F2N7O3. The number of ether oxygens (including phenoxy) is 1. The van der Waals surface area contributed by atoms with E-state index in [9.17, 15) is 18.7 Å².